The molecule has 0 fully saturated rings. The zero-order valence-electron chi connectivity index (χ0n) is 12.7. The van der Waals surface area contributed by atoms with Crippen molar-refractivity contribution >= 4 is 29.8 Å². The Morgan fingerprint density at radius 3 is 1.83 bits per heavy atom. The van der Waals surface area contributed by atoms with Crippen LogP contribution in [0.3, 0.4) is 0 Å². The van der Waals surface area contributed by atoms with Gasteiger partial charge in [-0.15, -0.1) is 0 Å². The summed E-state index contributed by atoms with van der Waals surface area (Å²) in [4.78, 5) is 27.6. The summed E-state index contributed by atoms with van der Waals surface area (Å²) in [6.45, 7) is 0. The third kappa shape index (κ3) is 4.16. The van der Waals surface area contributed by atoms with Gasteiger partial charge in [0, 0.05) is 19.8 Å². The van der Waals surface area contributed by atoms with Gasteiger partial charge in [0.1, 0.15) is 11.4 Å². The van der Waals surface area contributed by atoms with Crippen LogP contribution in [-0.4, -0.2) is 41.2 Å². The number of carboxylic acids is 2. The highest BCUT2D eigenvalue weighted by Gasteiger charge is 2.12. The van der Waals surface area contributed by atoms with Crippen molar-refractivity contribution in [3.8, 4) is 0 Å². The fourth-order valence-corrected chi connectivity index (χ4v) is 1.94. The van der Waals surface area contributed by atoms with Gasteiger partial charge in [0.05, 0.1) is 0 Å². The first-order chi connectivity index (χ1) is 10.9. The normalized spacial score (nSPS) is 10.7. The van der Waals surface area contributed by atoms with Crippen LogP contribution in [0.4, 0.5) is 5.69 Å². The molecule has 118 valence electrons. The second-order valence-electron chi connectivity index (χ2n) is 5.10. The van der Waals surface area contributed by atoms with E-state index in [2.05, 4.69) is 4.98 Å². The van der Waals surface area contributed by atoms with Gasteiger partial charge in [-0.05, 0) is 35.4 Å². The van der Waals surface area contributed by atoms with Crippen molar-refractivity contribution in [1.29, 1.82) is 0 Å². The molecule has 0 aliphatic heterocycles. The van der Waals surface area contributed by atoms with Crippen LogP contribution in [0.15, 0.2) is 36.4 Å². The Bertz CT molecular complexity index is 732. The van der Waals surface area contributed by atoms with Crippen molar-refractivity contribution in [2.75, 3.05) is 19.0 Å². The summed E-state index contributed by atoms with van der Waals surface area (Å²) in [6, 6.07) is 10.4. The number of nitrogens with zero attached hydrogens (tertiary/aromatic N) is 2. The average molecular weight is 312 g/mol. The van der Waals surface area contributed by atoms with Gasteiger partial charge in [-0.1, -0.05) is 24.3 Å². The van der Waals surface area contributed by atoms with Crippen LogP contribution in [-0.2, 0) is 0 Å². The smallest absolute Gasteiger partial charge is 0.354 e. The molecule has 0 radical (unpaired) electrons. The van der Waals surface area contributed by atoms with E-state index in [-0.39, 0.29) is 11.4 Å². The summed E-state index contributed by atoms with van der Waals surface area (Å²) in [7, 11) is 3.89. The number of carboxylic acid groups (broad SMARTS) is 2. The number of hydrogen-bond donors (Lipinski definition) is 2. The summed E-state index contributed by atoms with van der Waals surface area (Å²) in [5.41, 5.74) is 1.85. The lowest BCUT2D eigenvalue weighted by atomic mass is 10.1. The minimum Gasteiger partial charge on any atom is -0.477 e. The summed E-state index contributed by atoms with van der Waals surface area (Å²) in [5, 5.41) is 18.0. The Balaban J connectivity index is 2.31. The molecule has 0 saturated carbocycles. The van der Waals surface area contributed by atoms with E-state index in [1.54, 1.807) is 12.2 Å². The van der Waals surface area contributed by atoms with E-state index >= 15 is 0 Å². The van der Waals surface area contributed by atoms with Crippen molar-refractivity contribution in [3.63, 3.8) is 0 Å². The van der Waals surface area contributed by atoms with Crippen LogP contribution in [0.1, 0.15) is 32.1 Å². The van der Waals surface area contributed by atoms with Gasteiger partial charge in [-0.3, -0.25) is 0 Å². The molecule has 6 heteroatoms. The second-order valence-corrected chi connectivity index (χ2v) is 5.10. The first-order valence-electron chi connectivity index (χ1n) is 6.81. The molecule has 0 saturated heterocycles. The molecule has 2 N–H and O–H groups in total. The molecule has 0 atom stereocenters. The molecule has 2 aromatic rings. The highest BCUT2D eigenvalue weighted by Crippen LogP contribution is 2.15. The number of pyridine rings is 1. The Kier molecular flexibility index (Phi) is 4.75. The van der Waals surface area contributed by atoms with Crippen LogP contribution >= 0.6 is 0 Å². The molecule has 0 bridgehead atoms. The predicted octanol–water partition coefficient (Wildman–Crippen LogP) is 2.71. The summed E-state index contributed by atoms with van der Waals surface area (Å²) < 4.78 is 0. The molecule has 1 aromatic heterocycles. The van der Waals surface area contributed by atoms with E-state index < -0.39 is 11.9 Å². The van der Waals surface area contributed by atoms with Crippen molar-refractivity contribution in [3.05, 3.63) is 58.9 Å². The molecule has 0 aliphatic carbocycles. The third-order valence-electron chi connectivity index (χ3n) is 3.16. The Morgan fingerprint density at radius 1 is 0.913 bits per heavy atom. The summed E-state index contributed by atoms with van der Waals surface area (Å²) in [5.74, 6) is -2.53. The quantitative estimate of drug-likeness (QED) is 0.882. The molecule has 6 nitrogen and oxygen atoms in total. The minimum absolute atomic E-state index is 0.299. The number of benzene rings is 1. The Hall–Kier alpha value is -3.15. The molecule has 2 rings (SSSR count). The maximum absolute atomic E-state index is 11.0. The topological polar surface area (TPSA) is 90.7 Å². The minimum atomic E-state index is -1.27. The van der Waals surface area contributed by atoms with Crippen LogP contribution in [0.25, 0.3) is 12.2 Å². The maximum Gasteiger partial charge on any atom is 0.354 e. The number of rotatable bonds is 5. The van der Waals surface area contributed by atoms with Crippen molar-refractivity contribution in [2.45, 2.75) is 0 Å². The lowest BCUT2D eigenvalue weighted by Gasteiger charge is -2.11. The third-order valence-corrected chi connectivity index (χ3v) is 3.16. The number of aromatic carboxylic acids is 2. The molecule has 0 aliphatic rings. The van der Waals surface area contributed by atoms with Crippen molar-refractivity contribution in [1.82, 2.24) is 4.98 Å². The van der Waals surface area contributed by atoms with E-state index in [4.69, 9.17) is 10.2 Å². The maximum atomic E-state index is 11.0. The molecule has 0 spiro atoms. The molecule has 0 amide bonds. The Labute approximate surface area is 133 Å². The average Bonchev–Trinajstić information content (AvgIpc) is 2.52. The molecule has 0 unspecified atom stereocenters. The molecule has 23 heavy (non-hydrogen) atoms. The van der Waals surface area contributed by atoms with Gasteiger partial charge < -0.3 is 15.1 Å². The highest BCUT2D eigenvalue weighted by molar-refractivity contribution is 5.91. The largest absolute Gasteiger partial charge is 0.477 e. The van der Waals surface area contributed by atoms with E-state index in [9.17, 15) is 9.59 Å². The fourth-order valence-electron chi connectivity index (χ4n) is 1.94. The fraction of sp³-hybridized carbons (Fsp3) is 0.118. The highest BCUT2D eigenvalue weighted by atomic mass is 16.4. The molecule has 1 heterocycles. The van der Waals surface area contributed by atoms with E-state index in [1.165, 1.54) is 12.1 Å². The van der Waals surface area contributed by atoms with Crippen molar-refractivity contribution < 1.29 is 19.8 Å². The lowest BCUT2D eigenvalue weighted by Crippen LogP contribution is -2.08. The molecular weight excluding hydrogens is 296 g/mol. The molecule has 1 aromatic carbocycles. The van der Waals surface area contributed by atoms with Gasteiger partial charge in [-0.25, -0.2) is 14.6 Å². The summed E-state index contributed by atoms with van der Waals surface area (Å²) in [6.07, 6.45) is 3.44. The van der Waals surface area contributed by atoms with E-state index in [1.807, 2.05) is 43.3 Å². The number of hydrogen-bond acceptors (Lipinski definition) is 4. The van der Waals surface area contributed by atoms with Gasteiger partial charge in [0.2, 0.25) is 0 Å². The zero-order valence-corrected chi connectivity index (χ0v) is 12.7. The van der Waals surface area contributed by atoms with Gasteiger partial charge in [0.15, 0.2) is 0 Å². The first kappa shape index (κ1) is 16.2. The molecular formula is C17H16N2O4. The number of carbonyl (C=O) groups is 2. The van der Waals surface area contributed by atoms with Crippen LogP contribution in [0.5, 0.6) is 0 Å². The summed E-state index contributed by atoms with van der Waals surface area (Å²) >= 11 is 0. The second kappa shape index (κ2) is 6.74. The Morgan fingerprint density at radius 2 is 1.39 bits per heavy atom. The van der Waals surface area contributed by atoms with Gasteiger partial charge >= 0.3 is 11.9 Å². The van der Waals surface area contributed by atoms with Crippen LogP contribution in [0, 0.1) is 0 Å². The first-order valence-corrected chi connectivity index (χ1v) is 6.81. The zero-order chi connectivity index (χ0) is 17.0. The lowest BCUT2D eigenvalue weighted by molar-refractivity contribution is 0.0685. The predicted molar refractivity (Wildman–Crippen MR) is 87.9 cm³/mol. The van der Waals surface area contributed by atoms with E-state index in [0.29, 0.717) is 5.56 Å². The monoisotopic (exact) mass is 312 g/mol. The number of anilines is 1. The van der Waals surface area contributed by atoms with Crippen LogP contribution < -0.4 is 4.90 Å². The van der Waals surface area contributed by atoms with Gasteiger partial charge in [-0.2, -0.15) is 0 Å². The van der Waals surface area contributed by atoms with E-state index in [0.717, 1.165) is 11.3 Å². The van der Waals surface area contributed by atoms with Crippen LogP contribution in [0.2, 0.25) is 0 Å². The number of aromatic nitrogens is 1. The van der Waals surface area contributed by atoms with Crippen molar-refractivity contribution in [2.24, 2.45) is 0 Å². The van der Waals surface area contributed by atoms with Gasteiger partial charge in [0.25, 0.3) is 0 Å². The standard InChI is InChI=1S/C17H16N2O4/c1-19(2)13-7-5-11(6-8-13)3-4-12-9-14(16(20)21)18-15(10-12)17(22)23/h3-10H,1-2H3,(H,20,21)(H,22,23). The SMILES string of the molecule is CN(C)c1ccc(C=Cc2cc(C(=O)O)nc(C(=O)O)c2)cc1.